The predicted molar refractivity (Wildman–Crippen MR) is 173 cm³/mol. The van der Waals surface area contributed by atoms with E-state index >= 15 is 0 Å². The minimum absolute atomic E-state index is 0.0108. The van der Waals surface area contributed by atoms with Gasteiger partial charge in [0.2, 0.25) is 5.91 Å². The van der Waals surface area contributed by atoms with Crippen LogP contribution in [0.1, 0.15) is 39.5 Å². The predicted octanol–water partition coefficient (Wildman–Crippen LogP) is 1.58. The van der Waals surface area contributed by atoms with Crippen molar-refractivity contribution in [1.29, 1.82) is 0 Å². The highest BCUT2D eigenvalue weighted by Gasteiger charge is 2.55. The molecule has 3 aromatic rings. The highest BCUT2D eigenvalue weighted by Crippen LogP contribution is 2.47. The smallest absolute Gasteiger partial charge is 0.352 e. The second-order valence-corrected chi connectivity index (χ2v) is 12.9. The number of β-lactam (4-membered cyclic amide) rings is 1. The average Bonchev–Trinajstić information content (AvgIpc) is 3.71. The number of carbonyl (C=O) groups excluding carboxylic acids is 3. The molecule has 3 aliphatic rings. The number of hydrogen-bond acceptors (Lipinski definition) is 12. The average molecular weight is 690 g/mol. The van der Waals surface area contributed by atoms with E-state index in [0.717, 1.165) is 27.4 Å². The number of aromatic nitrogens is 2. The van der Waals surface area contributed by atoms with Crippen molar-refractivity contribution in [3.8, 4) is 0 Å². The molecule has 7 N–H and O–H groups in total. The Morgan fingerprint density at radius 1 is 1.10 bits per heavy atom. The summed E-state index contributed by atoms with van der Waals surface area (Å²) in [5.74, 6) is -4.92. The molecule has 6 rings (SSSR count). The first-order chi connectivity index (χ1) is 23.1. The summed E-state index contributed by atoms with van der Waals surface area (Å²) in [7, 11) is 0. The third-order valence-corrected chi connectivity index (χ3v) is 10.2. The summed E-state index contributed by atoms with van der Waals surface area (Å²) in [6.45, 7) is 0.343. The van der Waals surface area contributed by atoms with Gasteiger partial charge in [0.05, 0.1) is 5.56 Å². The van der Waals surface area contributed by atoms with E-state index in [9.17, 15) is 39.4 Å². The van der Waals surface area contributed by atoms with Crippen LogP contribution in [0.5, 0.6) is 0 Å². The number of aromatic carboxylic acids is 1. The zero-order valence-corrected chi connectivity index (χ0v) is 26.5. The molecule has 3 amide bonds. The normalized spacial score (nSPS) is 20.8. The van der Waals surface area contributed by atoms with Gasteiger partial charge in [-0.2, -0.15) is 0 Å². The number of carboxylic acids is 2. The number of nitrogens with one attached hydrogen (secondary N) is 2. The molecule has 3 atom stereocenters. The van der Waals surface area contributed by atoms with Crippen LogP contribution in [0.4, 0.5) is 5.13 Å². The number of benzene rings is 1. The molecule has 15 nitrogen and oxygen atoms in total. The first-order valence-corrected chi connectivity index (χ1v) is 16.4. The van der Waals surface area contributed by atoms with Gasteiger partial charge in [-0.3, -0.25) is 24.3 Å². The number of carbonyl (C=O) groups is 5. The number of aliphatic carboxylic acids is 1. The number of amides is 3. The Kier molecular flexibility index (Phi) is 8.97. The van der Waals surface area contributed by atoms with Gasteiger partial charge in [-0.15, -0.1) is 23.1 Å². The van der Waals surface area contributed by atoms with Crippen molar-refractivity contribution in [2.45, 2.75) is 30.2 Å². The number of allylic oxidation sites excluding steroid dienone is 1. The van der Waals surface area contributed by atoms with Crippen LogP contribution >= 0.6 is 23.1 Å². The van der Waals surface area contributed by atoms with Gasteiger partial charge in [-0.05, 0) is 59.4 Å². The molecule has 2 aromatic heterocycles. The summed E-state index contributed by atoms with van der Waals surface area (Å²) in [5.41, 5.74) is 7.58. The molecule has 0 bridgehead atoms. The maximum atomic E-state index is 13.6. The lowest BCUT2D eigenvalue weighted by Crippen LogP contribution is -2.71. The molecule has 0 spiro atoms. The Morgan fingerprint density at radius 2 is 1.83 bits per heavy atom. The minimum Gasteiger partial charge on any atom is -0.478 e. The third-order valence-electron chi connectivity index (χ3n) is 8.22. The Morgan fingerprint density at radius 3 is 2.42 bits per heavy atom. The molecule has 5 heterocycles. The van der Waals surface area contributed by atoms with E-state index in [2.05, 4.69) is 25.8 Å². The minimum atomic E-state index is -1.39. The Balaban J connectivity index is 1.39. The highest BCUT2D eigenvalue weighted by atomic mass is 32.2. The second-order valence-electron chi connectivity index (χ2n) is 11.0. The van der Waals surface area contributed by atoms with Gasteiger partial charge < -0.3 is 31.8 Å². The van der Waals surface area contributed by atoms with E-state index in [0.29, 0.717) is 24.1 Å². The molecular weight excluding hydrogens is 663 g/mol. The lowest BCUT2D eigenvalue weighted by molar-refractivity contribution is -0.150. The molecule has 0 saturated carbocycles. The van der Waals surface area contributed by atoms with E-state index in [1.807, 2.05) is 0 Å². The van der Waals surface area contributed by atoms with Crippen LogP contribution in [0.3, 0.4) is 0 Å². The number of rotatable bonds is 10. The van der Waals surface area contributed by atoms with E-state index < -0.39 is 46.8 Å². The zero-order chi connectivity index (χ0) is 34.1. The largest absolute Gasteiger partial charge is 0.478 e. The van der Waals surface area contributed by atoms with Gasteiger partial charge in [0, 0.05) is 41.6 Å². The number of nitrogen functional groups attached to an aromatic ring is 1. The topological polar surface area (TPSA) is 237 Å². The zero-order valence-electron chi connectivity index (χ0n) is 24.8. The monoisotopic (exact) mass is 689 g/mol. The third kappa shape index (κ3) is 6.00. The number of pyridine rings is 1. The molecule has 246 valence electrons. The summed E-state index contributed by atoms with van der Waals surface area (Å²) < 4.78 is 0. The SMILES string of the molecule is Nc1nc(C(=NO)C(=O)N[C@@H]2C(=O)N3C(C(=O)O)=C(C(=C4CCNC4=O)C(Cc4ccc(C(=O)O)cc4)c4ccncc4)CS[C@H]23)cs1. The van der Waals surface area contributed by atoms with Crippen molar-refractivity contribution in [2.75, 3.05) is 18.0 Å². The fourth-order valence-corrected chi connectivity index (χ4v) is 7.94. The number of hydrogen-bond donors (Lipinski definition) is 6. The number of thioether (sulfide) groups is 1. The summed E-state index contributed by atoms with van der Waals surface area (Å²) in [6.07, 6.45) is 3.76. The number of fused-ring (bicyclic) bond motifs is 1. The van der Waals surface area contributed by atoms with E-state index in [1.165, 1.54) is 29.3 Å². The van der Waals surface area contributed by atoms with Crippen molar-refractivity contribution >= 4 is 63.6 Å². The van der Waals surface area contributed by atoms with Crippen LogP contribution < -0.4 is 16.4 Å². The fraction of sp³-hybridized carbons (Fsp3) is 0.226. The quantitative estimate of drug-likeness (QED) is 0.0585. The van der Waals surface area contributed by atoms with Gasteiger partial charge >= 0.3 is 11.9 Å². The molecular formula is C31H27N7O8S2. The van der Waals surface area contributed by atoms with Crippen LogP contribution in [0.15, 0.2) is 81.7 Å². The van der Waals surface area contributed by atoms with Gasteiger partial charge in [0.25, 0.3) is 11.8 Å². The van der Waals surface area contributed by atoms with Gasteiger partial charge in [-0.1, -0.05) is 17.3 Å². The molecule has 48 heavy (non-hydrogen) atoms. The molecule has 1 unspecified atom stereocenters. The van der Waals surface area contributed by atoms with Crippen LogP contribution in [0.25, 0.3) is 0 Å². The van der Waals surface area contributed by atoms with Crippen LogP contribution in [-0.4, -0.2) is 89.4 Å². The number of oxime groups is 1. The van der Waals surface area contributed by atoms with Crippen molar-refractivity contribution in [2.24, 2.45) is 5.16 Å². The van der Waals surface area contributed by atoms with E-state index in [-0.39, 0.29) is 45.7 Å². The molecule has 2 saturated heterocycles. The first-order valence-electron chi connectivity index (χ1n) is 14.5. The lowest BCUT2D eigenvalue weighted by Gasteiger charge is -2.50. The number of carboxylic acid groups (broad SMARTS) is 2. The maximum Gasteiger partial charge on any atom is 0.352 e. The Bertz CT molecular complexity index is 1920. The summed E-state index contributed by atoms with van der Waals surface area (Å²) in [6, 6.07) is 8.68. The van der Waals surface area contributed by atoms with Crippen molar-refractivity contribution < 1.29 is 39.4 Å². The van der Waals surface area contributed by atoms with Crippen LogP contribution in [-0.2, 0) is 25.6 Å². The molecule has 0 radical (unpaired) electrons. The molecule has 0 aliphatic carbocycles. The summed E-state index contributed by atoms with van der Waals surface area (Å²) in [5, 5.41) is 38.5. The second kappa shape index (κ2) is 13.3. The number of anilines is 1. The van der Waals surface area contributed by atoms with Crippen molar-refractivity contribution in [3.63, 3.8) is 0 Å². The number of nitrogens with zero attached hydrogens (tertiary/aromatic N) is 4. The van der Waals surface area contributed by atoms with Crippen LogP contribution in [0, 0.1) is 0 Å². The van der Waals surface area contributed by atoms with E-state index in [4.69, 9.17) is 5.73 Å². The molecule has 3 aliphatic heterocycles. The Labute approximate surface area is 280 Å². The maximum absolute atomic E-state index is 13.6. The molecule has 1 aromatic carbocycles. The first kappa shape index (κ1) is 32.4. The number of nitrogens with two attached hydrogens (primary N) is 1. The van der Waals surface area contributed by atoms with Crippen molar-refractivity contribution in [1.82, 2.24) is 25.5 Å². The molecule has 17 heteroatoms. The van der Waals surface area contributed by atoms with Crippen LogP contribution in [0.2, 0.25) is 0 Å². The summed E-state index contributed by atoms with van der Waals surface area (Å²) >= 11 is 2.24. The van der Waals surface area contributed by atoms with Gasteiger partial charge in [0.1, 0.15) is 22.8 Å². The fourth-order valence-electron chi connectivity index (χ4n) is 6.03. The highest BCUT2D eigenvalue weighted by molar-refractivity contribution is 8.00. The lowest BCUT2D eigenvalue weighted by atomic mass is 9.78. The summed E-state index contributed by atoms with van der Waals surface area (Å²) in [4.78, 5) is 73.4. The Hall–Kier alpha value is -5.55. The standard InChI is InChI=1S/C31H27N7O8S2/c32-31-35-20(13-48-31)22(37-46)26(40)36-23-27(41)38-24(30(44)45)19(12-47-28(23)38)21(17-7-10-34-25(17)39)18(15-5-8-33-9-6-15)11-14-1-3-16(4-2-14)29(42)43/h1-6,8-9,13,18,23,28,46H,7,10-12H2,(H2,32,35)(H,34,39)(H,36,40)(H,42,43)(H,44,45)/t18?,23-,28-/m1/s1. The van der Waals surface area contributed by atoms with Crippen molar-refractivity contribution in [3.05, 3.63) is 99.0 Å². The van der Waals surface area contributed by atoms with Gasteiger partial charge in [0.15, 0.2) is 10.8 Å². The van der Waals surface area contributed by atoms with E-state index in [1.54, 1.807) is 36.7 Å². The molecule has 2 fully saturated rings. The van der Waals surface area contributed by atoms with Gasteiger partial charge in [-0.25, -0.2) is 14.6 Å². The number of thiazole rings is 1.